The highest BCUT2D eigenvalue weighted by Crippen LogP contribution is 2.35. The van der Waals surface area contributed by atoms with Crippen LogP contribution in [0.15, 0.2) is 48.8 Å². The number of carbonyl (C=O) groups is 1. The molecule has 0 aliphatic rings. The molecule has 150 valence electrons. The molecule has 0 bridgehead atoms. The van der Waals surface area contributed by atoms with Crippen molar-refractivity contribution in [1.82, 2.24) is 15.0 Å². The zero-order valence-electron chi connectivity index (χ0n) is 15.9. The third-order valence-electron chi connectivity index (χ3n) is 4.05. The van der Waals surface area contributed by atoms with Crippen LogP contribution in [0.3, 0.4) is 0 Å². The molecular weight excluding hydrogens is 374 g/mol. The Kier molecular flexibility index (Phi) is 6.54. The number of rotatable bonds is 8. The molecule has 0 fully saturated rings. The van der Waals surface area contributed by atoms with Crippen molar-refractivity contribution in [3.63, 3.8) is 0 Å². The Labute approximate surface area is 167 Å². The van der Waals surface area contributed by atoms with Crippen molar-refractivity contribution in [1.29, 1.82) is 0 Å². The van der Waals surface area contributed by atoms with E-state index < -0.39 is 6.09 Å². The Bertz CT molecular complexity index is 982. The topological polar surface area (TPSA) is 135 Å². The number of carbonyl (C=O) groups excluding carboxylic acids is 1. The first kappa shape index (κ1) is 20.0. The average molecular weight is 395 g/mol. The molecule has 0 aliphatic carbocycles. The minimum Gasteiger partial charge on any atom is -0.494 e. The molecule has 9 nitrogen and oxygen atoms in total. The Morgan fingerprint density at radius 3 is 2.62 bits per heavy atom. The van der Waals surface area contributed by atoms with E-state index in [1.807, 2.05) is 12.1 Å². The lowest BCUT2D eigenvalue weighted by Gasteiger charge is -2.14. The third-order valence-corrected chi connectivity index (χ3v) is 4.05. The quantitative estimate of drug-likeness (QED) is 0.438. The number of hydrogen-bond donors (Lipinski definition) is 2. The fourth-order valence-corrected chi connectivity index (χ4v) is 2.75. The van der Waals surface area contributed by atoms with E-state index in [1.165, 1.54) is 0 Å². The second kappa shape index (κ2) is 9.47. The number of amides is 1. The highest BCUT2D eigenvalue weighted by molar-refractivity contribution is 5.75. The first-order chi connectivity index (χ1) is 14.1. The second-order valence-corrected chi connectivity index (χ2v) is 5.98. The molecule has 2 aromatic heterocycles. The lowest BCUT2D eigenvalue weighted by atomic mass is 10.0. The number of ether oxygens (including phenoxy) is 3. The molecule has 0 saturated carbocycles. The maximum Gasteiger partial charge on any atom is 0.411 e. The summed E-state index contributed by atoms with van der Waals surface area (Å²) in [6.45, 7) is 0.667. The summed E-state index contributed by atoms with van der Waals surface area (Å²) in [4.78, 5) is 23.4. The first-order valence-electron chi connectivity index (χ1n) is 8.82. The lowest BCUT2D eigenvalue weighted by molar-refractivity contribution is 0.121. The summed E-state index contributed by atoms with van der Waals surface area (Å²) in [5, 5.41) is 0. The first-order valence-corrected chi connectivity index (χ1v) is 8.82. The van der Waals surface area contributed by atoms with E-state index in [0.717, 1.165) is 11.1 Å². The number of nitrogens with zero attached hydrogens (tertiary/aromatic N) is 3. The van der Waals surface area contributed by atoms with E-state index >= 15 is 0 Å². The van der Waals surface area contributed by atoms with Crippen molar-refractivity contribution in [2.24, 2.45) is 5.73 Å². The monoisotopic (exact) mass is 395 g/mol. The SMILES string of the molecule is COc1c(-c2ncccn2)ccc(CCOCc2cccc(OC(N)=O)n2)c1N. The van der Waals surface area contributed by atoms with E-state index in [2.05, 4.69) is 15.0 Å². The van der Waals surface area contributed by atoms with E-state index in [9.17, 15) is 4.79 Å². The van der Waals surface area contributed by atoms with Crippen LogP contribution in [0.4, 0.5) is 10.5 Å². The molecule has 0 unspecified atom stereocenters. The zero-order valence-corrected chi connectivity index (χ0v) is 15.9. The van der Waals surface area contributed by atoms with Crippen molar-refractivity contribution in [2.75, 3.05) is 19.5 Å². The molecular formula is C20H21N5O4. The van der Waals surface area contributed by atoms with Crippen molar-refractivity contribution >= 4 is 11.8 Å². The van der Waals surface area contributed by atoms with Crippen LogP contribution in [-0.4, -0.2) is 34.8 Å². The average Bonchev–Trinajstić information content (AvgIpc) is 2.72. The summed E-state index contributed by atoms with van der Waals surface area (Å²) < 4.78 is 15.9. The molecule has 1 amide bonds. The van der Waals surface area contributed by atoms with Gasteiger partial charge in [-0.05, 0) is 30.2 Å². The smallest absolute Gasteiger partial charge is 0.411 e. The van der Waals surface area contributed by atoms with Gasteiger partial charge >= 0.3 is 6.09 Å². The molecule has 0 saturated heterocycles. The van der Waals surface area contributed by atoms with Gasteiger partial charge in [0.15, 0.2) is 11.6 Å². The Morgan fingerprint density at radius 2 is 1.90 bits per heavy atom. The third kappa shape index (κ3) is 5.17. The van der Waals surface area contributed by atoms with Crippen molar-refractivity contribution < 1.29 is 19.0 Å². The summed E-state index contributed by atoms with van der Waals surface area (Å²) in [5.41, 5.74) is 14.0. The van der Waals surface area contributed by atoms with E-state index in [1.54, 1.807) is 43.8 Å². The van der Waals surface area contributed by atoms with E-state index in [0.29, 0.717) is 36.0 Å². The standard InChI is InChI=1S/C20H21N5O4/c1-27-18-15(19-23-9-3-10-24-19)7-6-13(17(18)21)8-11-28-12-14-4-2-5-16(25-14)29-20(22)26/h2-7,9-10H,8,11-12,21H2,1H3,(H2,22,26). The Hall–Kier alpha value is -3.72. The van der Waals surface area contributed by atoms with Crippen LogP contribution >= 0.6 is 0 Å². The van der Waals surface area contributed by atoms with Gasteiger partial charge in [-0.1, -0.05) is 12.1 Å². The largest absolute Gasteiger partial charge is 0.494 e. The van der Waals surface area contributed by atoms with Gasteiger partial charge < -0.3 is 25.7 Å². The van der Waals surface area contributed by atoms with Crippen LogP contribution < -0.4 is 20.9 Å². The highest BCUT2D eigenvalue weighted by Gasteiger charge is 2.14. The molecule has 0 atom stereocenters. The summed E-state index contributed by atoms with van der Waals surface area (Å²) in [7, 11) is 1.56. The number of aromatic nitrogens is 3. The number of nitrogen functional groups attached to an aromatic ring is 1. The Balaban J connectivity index is 1.62. The van der Waals surface area contributed by atoms with Gasteiger partial charge in [-0.3, -0.25) is 0 Å². The van der Waals surface area contributed by atoms with Gasteiger partial charge in [0.1, 0.15) is 0 Å². The predicted octanol–water partition coefficient (Wildman–Crippen LogP) is 2.35. The van der Waals surface area contributed by atoms with E-state index in [-0.39, 0.29) is 12.5 Å². The van der Waals surface area contributed by atoms with Crippen molar-refractivity contribution in [2.45, 2.75) is 13.0 Å². The van der Waals surface area contributed by atoms with Gasteiger partial charge in [0.05, 0.1) is 37.3 Å². The van der Waals surface area contributed by atoms with Crippen LogP contribution in [0.1, 0.15) is 11.3 Å². The predicted molar refractivity (Wildman–Crippen MR) is 106 cm³/mol. The number of primary amides is 1. The number of pyridine rings is 1. The molecule has 0 aliphatic heterocycles. The minimum atomic E-state index is -0.913. The molecule has 9 heteroatoms. The van der Waals surface area contributed by atoms with Crippen LogP contribution in [0.25, 0.3) is 11.4 Å². The normalized spacial score (nSPS) is 10.5. The molecule has 3 aromatic rings. The van der Waals surface area contributed by atoms with Crippen LogP contribution in [0.2, 0.25) is 0 Å². The summed E-state index contributed by atoms with van der Waals surface area (Å²) in [6, 6.07) is 10.5. The zero-order chi connectivity index (χ0) is 20.6. The fraction of sp³-hybridized carbons (Fsp3) is 0.200. The number of hydrogen-bond acceptors (Lipinski definition) is 8. The molecule has 2 heterocycles. The second-order valence-electron chi connectivity index (χ2n) is 5.98. The molecule has 4 N–H and O–H groups in total. The lowest BCUT2D eigenvalue weighted by Crippen LogP contribution is -2.17. The minimum absolute atomic E-state index is 0.131. The maximum absolute atomic E-state index is 10.8. The molecule has 29 heavy (non-hydrogen) atoms. The van der Waals surface area contributed by atoms with Crippen LogP contribution in [-0.2, 0) is 17.8 Å². The molecule has 1 aromatic carbocycles. The Morgan fingerprint density at radius 1 is 1.10 bits per heavy atom. The fourth-order valence-electron chi connectivity index (χ4n) is 2.75. The number of methoxy groups -OCH3 is 1. The van der Waals surface area contributed by atoms with E-state index in [4.69, 9.17) is 25.7 Å². The van der Waals surface area contributed by atoms with Crippen molar-refractivity contribution in [3.05, 3.63) is 60.0 Å². The van der Waals surface area contributed by atoms with Gasteiger partial charge in [-0.2, -0.15) is 0 Å². The summed E-state index contributed by atoms with van der Waals surface area (Å²) in [5.74, 6) is 1.21. The summed E-state index contributed by atoms with van der Waals surface area (Å²) in [6.07, 6.45) is 2.99. The van der Waals surface area contributed by atoms with Gasteiger partial charge in [0, 0.05) is 18.5 Å². The number of benzene rings is 1. The molecule has 0 spiro atoms. The maximum atomic E-state index is 10.8. The van der Waals surface area contributed by atoms with Crippen molar-refractivity contribution in [3.8, 4) is 23.0 Å². The van der Waals surface area contributed by atoms with Gasteiger partial charge in [0.25, 0.3) is 0 Å². The van der Waals surface area contributed by atoms with Gasteiger partial charge in [-0.15, -0.1) is 0 Å². The van der Waals surface area contributed by atoms with Gasteiger partial charge in [-0.25, -0.2) is 19.7 Å². The van der Waals surface area contributed by atoms with Crippen LogP contribution in [0, 0.1) is 0 Å². The molecule has 3 rings (SSSR count). The van der Waals surface area contributed by atoms with Crippen LogP contribution in [0.5, 0.6) is 11.6 Å². The summed E-state index contributed by atoms with van der Waals surface area (Å²) >= 11 is 0. The highest BCUT2D eigenvalue weighted by atomic mass is 16.6. The molecule has 0 radical (unpaired) electrons. The number of anilines is 1. The van der Waals surface area contributed by atoms with Gasteiger partial charge in [0.2, 0.25) is 5.88 Å². The number of nitrogens with two attached hydrogens (primary N) is 2.